The Bertz CT molecular complexity index is 1740. The van der Waals surface area contributed by atoms with Crippen LogP contribution < -0.4 is 21.8 Å². The number of amidine groups is 1. The molecule has 0 spiro atoms. The van der Waals surface area contributed by atoms with Gasteiger partial charge in [0, 0.05) is 37.9 Å². The van der Waals surface area contributed by atoms with Crippen molar-refractivity contribution in [2.24, 2.45) is 16.2 Å². The Morgan fingerprint density at radius 3 is 2.33 bits per heavy atom. The summed E-state index contributed by atoms with van der Waals surface area (Å²) in [7, 11) is 3.43. The first-order valence-corrected chi connectivity index (χ1v) is 16.7. The maximum atomic E-state index is 13.5. The van der Waals surface area contributed by atoms with E-state index >= 15 is 0 Å². The SMILES string of the molecule is C=C(NC)c1ccc2c(c1)CCc1cc(C(=O)NC)ccc1C2(C[C@@H](Cc1ccc(C)cc1)NCC(=O)N1CCCC1C#N)C(=N)N=NN. The number of nitrogens with one attached hydrogen (secondary N) is 4. The first kappa shape index (κ1) is 35.0. The van der Waals surface area contributed by atoms with Crippen LogP contribution in [-0.2, 0) is 29.5 Å². The molecule has 254 valence electrons. The lowest BCUT2D eigenvalue weighted by Gasteiger charge is -2.38. The van der Waals surface area contributed by atoms with Crippen molar-refractivity contribution in [3.05, 3.63) is 112 Å². The highest BCUT2D eigenvalue weighted by molar-refractivity contribution is 5.98. The van der Waals surface area contributed by atoms with E-state index in [0.717, 1.165) is 51.1 Å². The second-order valence-corrected chi connectivity index (χ2v) is 12.9. The number of fused-ring (bicyclic) bond motifs is 2. The number of nitrogens with two attached hydrogens (primary N) is 1. The standard InChI is InChI=1S/C38H45N9O2/c1-24-7-9-26(10-8-24)18-31(44-23-35(48)47-17-5-6-32(47)22-39)21-38(37(40)45-46-41)33-15-13-27(25(2)42-3)19-28(33)11-12-29-20-30(36(49)43-4)14-16-34(29)38/h7-10,13-16,19-20,31-32,42,44H,2,5-6,11-12,17-18,21,23H2,1,3-4H3,(H,43,49)(H3,40,41,45)/t31-,32?,38?/m1/s1. The summed E-state index contributed by atoms with van der Waals surface area (Å²) >= 11 is 0. The molecule has 11 nitrogen and oxygen atoms in total. The molecule has 1 fully saturated rings. The lowest BCUT2D eigenvalue weighted by Crippen LogP contribution is -2.48. The fourth-order valence-corrected chi connectivity index (χ4v) is 7.31. The molecule has 49 heavy (non-hydrogen) atoms. The summed E-state index contributed by atoms with van der Waals surface area (Å²) in [5.74, 6) is 5.28. The van der Waals surface area contributed by atoms with Crippen LogP contribution in [0.25, 0.3) is 5.70 Å². The van der Waals surface area contributed by atoms with Gasteiger partial charge in [0.2, 0.25) is 5.91 Å². The van der Waals surface area contributed by atoms with E-state index in [1.165, 1.54) is 0 Å². The van der Waals surface area contributed by atoms with Crippen molar-refractivity contribution < 1.29 is 9.59 Å². The molecule has 3 aromatic carbocycles. The van der Waals surface area contributed by atoms with Crippen LogP contribution in [0, 0.1) is 23.7 Å². The third-order valence-corrected chi connectivity index (χ3v) is 9.91. The zero-order valence-corrected chi connectivity index (χ0v) is 28.5. The van der Waals surface area contributed by atoms with Gasteiger partial charge in [-0.25, -0.2) is 0 Å². The number of likely N-dealkylation sites (tertiary alicyclic amines) is 1. The molecule has 1 heterocycles. The number of aryl methyl sites for hydroxylation is 3. The Balaban J connectivity index is 1.68. The molecule has 2 amide bonds. The first-order chi connectivity index (χ1) is 23.6. The molecule has 2 aliphatic rings. The van der Waals surface area contributed by atoms with Crippen molar-refractivity contribution in [2.75, 3.05) is 27.2 Å². The largest absolute Gasteiger partial charge is 0.388 e. The average Bonchev–Trinajstić information content (AvgIpc) is 3.56. The summed E-state index contributed by atoms with van der Waals surface area (Å²) in [4.78, 5) is 27.9. The van der Waals surface area contributed by atoms with Crippen LogP contribution >= 0.6 is 0 Å². The highest BCUT2D eigenvalue weighted by Gasteiger charge is 2.46. The summed E-state index contributed by atoms with van der Waals surface area (Å²) in [5, 5.41) is 36.4. The molecule has 0 saturated carbocycles. The Kier molecular flexibility index (Phi) is 10.9. The topological polar surface area (TPSA) is 172 Å². The molecule has 2 unspecified atom stereocenters. The lowest BCUT2D eigenvalue weighted by molar-refractivity contribution is -0.130. The van der Waals surface area contributed by atoms with E-state index in [2.05, 4.69) is 69.3 Å². The molecular formula is C38H45N9O2. The van der Waals surface area contributed by atoms with E-state index in [9.17, 15) is 20.3 Å². The molecule has 1 saturated heterocycles. The van der Waals surface area contributed by atoms with Gasteiger partial charge in [0.25, 0.3) is 5.91 Å². The normalized spacial score (nSPS) is 18.9. The Hall–Kier alpha value is -5.34. The van der Waals surface area contributed by atoms with Gasteiger partial charge in [0.15, 0.2) is 5.84 Å². The van der Waals surface area contributed by atoms with Crippen LogP contribution in [0.2, 0.25) is 0 Å². The second-order valence-electron chi connectivity index (χ2n) is 12.9. The minimum atomic E-state index is -1.15. The van der Waals surface area contributed by atoms with Gasteiger partial charge in [-0.1, -0.05) is 59.8 Å². The smallest absolute Gasteiger partial charge is 0.251 e. The van der Waals surface area contributed by atoms with Crippen molar-refractivity contribution >= 4 is 23.3 Å². The third kappa shape index (κ3) is 7.25. The molecule has 0 aromatic heterocycles. The number of rotatable bonds is 11. The Labute approximate surface area is 288 Å². The number of hydrogen-bond donors (Lipinski definition) is 5. The minimum Gasteiger partial charge on any atom is -0.388 e. The van der Waals surface area contributed by atoms with Crippen LogP contribution in [0.1, 0.15) is 68.6 Å². The van der Waals surface area contributed by atoms with Crippen molar-refractivity contribution in [1.82, 2.24) is 20.9 Å². The number of nitriles is 1. The molecule has 6 N–H and O–H groups in total. The van der Waals surface area contributed by atoms with E-state index in [1.807, 2.05) is 38.2 Å². The number of hydrogen-bond acceptors (Lipinski definition) is 7. The van der Waals surface area contributed by atoms with Crippen LogP contribution in [0.5, 0.6) is 0 Å². The van der Waals surface area contributed by atoms with Gasteiger partial charge in [-0.3, -0.25) is 15.0 Å². The Morgan fingerprint density at radius 1 is 1.06 bits per heavy atom. The van der Waals surface area contributed by atoms with Crippen LogP contribution in [-0.4, -0.2) is 61.8 Å². The van der Waals surface area contributed by atoms with Crippen molar-refractivity contribution in [1.29, 1.82) is 10.7 Å². The molecule has 0 radical (unpaired) electrons. The quantitative estimate of drug-likeness (QED) is 0.0674. The van der Waals surface area contributed by atoms with Crippen molar-refractivity contribution in [2.45, 2.75) is 62.9 Å². The number of benzene rings is 3. The molecule has 11 heteroatoms. The monoisotopic (exact) mass is 659 g/mol. The average molecular weight is 660 g/mol. The summed E-state index contributed by atoms with van der Waals surface area (Å²) in [6.45, 7) is 6.80. The molecule has 0 bridgehead atoms. The van der Waals surface area contributed by atoms with Gasteiger partial charge >= 0.3 is 0 Å². The van der Waals surface area contributed by atoms with E-state index < -0.39 is 11.5 Å². The highest BCUT2D eigenvalue weighted by atomic mass is 16.2. The fraction of sp³-hybridized carbons (Fsp3) is 0.368. The molecular weight excluding hydrogens is 614 g/mol. The van der Waals surface area contributed by atoms with Crippen molar-refractivity contribution in [3.8, 4) is 6.07 Å². The summed E-state index contributed by atoms with van der Waals surface area (Å²) in [6.07, 6.45) is 3.63. The van der Waals surface area contributed by atoms with E-state index in [4.69, 9.17) is 5.84 Å². The molecule has 1 aliphatic carbocycles. The lowest BCUT2D eigenvalue weighted by atomic mass is 9.67. The van der Waals surface area contributed by atoms with Gasteiger partial charge in [-0.2, -0.15) is 5.26 Å². The maximum absolute atomic E-state index is 13.5. The number of carbonyl (C=O) groups is 2. The Morgan fingerprint density at radius 2 is 1.71 bits per heavy atom. The maximum Gasteiger partial charge on any atom is 0.251 e. The number of amides is 2. The van der Waals surface area contributed by atoms with Crippen LogP contribution in [0.3, 0.4) is 0 Å². The predicted octanol–water partition coefficient (Wildman–Crippen LogP) is 4.34. The van der Waals surface area contributed by atoms with Crippen LogP contribution in [0.4, 0.5) is 0 Å². The summed E-state index contributed by atoms with van der Waals surface area (Å²) in [5.41, 5.74) is 6.93. The van der Waals surface area contributed by atoms with Crippen molar-refractivity contribution in [3.63, 3.8) is 0 Å². The summed E-state index contributed by atoms with van der Waals surface area (Å²) in [6, 6.07) is 21.5. The van der Waals surface area contributed by atoms with Gasteiger partial charge in [-0.15, -0.1) is 5.11 Å². The van der Waals surface area contributed by atoms with Gasteiger partial charge in [0.05, 0.1) is 18.0 Å². The van der Waals surface area contributed by atoms with E-state index in [-0.39, 0.29) is 30.2 Å². The van der Waals surface area contributed by atoms with Gasteiger partial charge in [0.1, 0.15) is 6.04 Å². The van der Waals surface area contributed by atoms with Gasteiger partial charge < -0.3 is 26.7 Å². The fourth-order valence-electron chi connectivity index (χ4n) is 7.31. The second kappa shape index (κ2) is 15.3. The number of carbonyl (C=O) groups excluding carboxylic acids is 2. The van der Waals surface area contributed by atoms with Crippen LogP contribution in [0.15, 0.2) is 77.6 Å². The van der Waals surface area contributed by atoms with E-state index in [0.29, 0.717) is 44.2 Å². The molecule has 5 rings (SSSR count). The third-order valence-electron chi connectivity index (χ3n) is 9.91. The molecule has 1 aliphatic heterocycles. The minimum absolute atomic E-state index is 0.0345. The predicted molar refractivity (Wildman–Crippen MR) is 191 cm³/mol. The summed E-state index contributed by atoms with van der Waals surface area (Å²) < 4.78 is 0. The molecule has 3 aromatic rings. The zero-order valence-electron chi connectivity index (χ0n) is 28.5. The number of nitrogens with zero attached hydrogens (tertiary/aromatic N) is 4. The zero-order chi connectivity index (χ0) is 35.1. The first-order valence-electron chi connectivity index (χ1n) is 16.7. The highest BCUT2D eigenvalue weighted by Crippen LogP contribution is 2.45. The van der Waals surface area contributed by atoms with Gasteiger partial charge in [-0.05, 0) is 97.0 Å². The van der Waals surface area contributed by atoms with E-state index in [1.54, 1.807) is 18.0 Å². The molecule has 3 atom stereocenters.